The van der Waals surface area contributed by atoms with Gasteiger partial charge in [0.15, 0.2) is 23.7 Å². The quantitative estimate of drug-likeness (QED) is 0.205. The molecule has 0 saturated carbocycles. The van der Waals surface area contributed by atoms with Crippen molar-refractivity contribution in [2.24, 2.45) is 35.5 Å². The maximum absolute atomic E-state index is 12.3. The van der Waals surface area contributed by atoms with E-state index in [0.29, 0.717) is 19.3 Å². The van der Waals surface area contributed by atoms with E-state index in [2.05, 4.69) is 27.7 Å². The van der Waals surface area contributed by atoms with Crippen molar-refractivity contribution in [1.29, 1.82) is 0 Å². The van der Waals surface area contributed by atoms with Gasteiger partial charge in [-0.05, 0) is 66.7 Å². The number of ether oxygens (including phenoxy) is 13. The average Bonchev–Trinajstić information content (AvgIpc) is 4.02. The predicted octanol–water partition coefficient (Wildman–Crippen LogP) is 5.22. The molecule has 7 heterocycles. The van der Waals surface area contributed by atoms with E-state index in [4.69, 9.17) is 61.6 Å². The topological polar surface area (TPSA) is 198 Å². The van der Waals surface area contributed by atoms with Crippen LogP contribution < -0.4 is 0 Å². The molecule has 0 aromatic heterocycles. The zero-order valence-corrected chi connectivity index (χ0v) is 42.3. The number of carboxylic acid groups (broad SMARTS) is 1. The number of aliphatic hydroxyl groups is 2. The third-order valence-corrected chi connectivity index (χ3v) is 17.9. The Labute approximate surface area is 392 Å². The van der Waals surface area contributed by atoms with E-state index in [1.54, 1.807) is 42.3 Å². The van der Waals surface area contributed by atoms with E-state index >= 15 is 0 Å². The van der Waals surface area contributed by atoms with Crippen LogP contribution >= 0.6 is 0 Å². The molecule has 7 fully saturated rings. The summed E-state index contributed by atoms with van der Waals surface area (Å²) >= 11 is 0. The molecule has 3 N–H and O–H groups in total. The van der Waals surface area contributed by atoms with Gasteiger partial charge in [-0.1, -0.05) is 34.6 Å². The number of hydrogen-bond acceptors (Lipinski definition) is 16. The number of methoxy groups -OCH3 is 5. The van der Waals surface area contributed by atoms with E-state index in [9.17, 15) is 20.1 Å². The van der Waals surface area contributed by atoms with Gasteiger partial charge in [0.2, 0.25) is 0 Å². The molecule has 17 heteroatoms. The van der Waals surface area contributed by atoms with Crippen molar-refractivity contribution in [3.63, 3.8) is 0 Å². The summed E-state index contributed by atoms with van der Waals surface area (Å²) in [6.07, 6.45) is 0.210. The van der Waals surface area contributed by atoms with Crippen LogP contribution in [0.4, 0.5) is 0 Å². The second-order valence-electron chi connectivity index (χ2n) is 21.5. The first kappa shape index (κ1) is 52.7. The summed E-state index contributed by atoms with van der Waals surface area (Å²) in [7, 11) is 8.19. The second kappa shape index (κ2) is 19.8. The molecule has 25 atom stereocenters. The summed E-state index contributed by atoms with van der Waals surface area (Å²) in [5.41, 5.74) is -2.02. The Hall–Kier alpha value is -1.13. The number of carboxylic acids is 1. The lowest BCUT2D eigenvalue weighted by Crippen LogP contribution is -2.70. The third-order valence-electron chi connectivity index (χ3n) is 17.9. The summed E-state index contributed by atoms with van der Waals surface area (Å²) in [5, 5.41) is 33.6. The van der Waals surface area contributed by atoms with Gasteiger partial charge >= 0.3 is 5.97 Å². The van der Waals surface area contributed by atoms with Crippen LogP contribution in [-0.4, -0.2) is 171 Å². The molecule has 17 nitrogen and oxygen atoms in total. The van der Waals surface area contributed by atoms with Gasteiger partial charge in [-0.3, -0.25) is 4.79 Å². The maximum Gasteiger partial charge on any atom is 0.311 e. The first-order valence-electron chi connectivity index (χ1n) is 24.7. The fourth-order valence-corrected chi connectivity index (χ4v) is 13.5. The predicted molar refractivity (Wildman–Crippen MR) is 237 cm³/mol. The molecule has 1 spiro atoms. The molecule has 7 saturated heterocycles. The average molecular weight is 945 g/mol. The van der Waals surface area contributed by atoms with Gasteiger partial charge in [0, 0.05) is 84.4 Å². The van der Waals surface area contributed by atoms with Gasteiger partial charge < -0.3 is 76.9 Å². The maximum atomic E-state index is 12.3. The standard InChI is InChI=1S/C49H84O17/c1-24-40(62-39-21-19-32(54-11)30(7)59-39)26(3)47(10,52)65-41(24)35-17-16-33(60-35)34-18-20-37(61-34)46(9)43(57-14)28(5)49(66-46)25(2)36(55-12)22-31(63-49)23-38-45(8,58-15)42(56-13)27(4)48(53,64-38)29(6)44(50)51/h24-43,52-53H,16-23H2,1-15H3,(H,50,51)/t24-,25+,26+,27-,28+,29-,30+,31-,32-,33+,34-,35+,36+,37+,38-,39-,40-,41-,42-,43+,45+,46-,47-,48-,49-/m0/s1. The van der Waals surface area contributed by atoms with Crippen LogP contribution in [-0.2, 0) is 66.4 Å². The molecule has 0 aromatic rings. The molecule has 0 bridgehead atoms. The molecule has 382 valence electrons. The van der Waals surface area contributed by atoms with E-state index in [1.807, 2.05) is 20.8 Å². The van der Waals surface area contributed by atoms with Gasteiger partial charge in [0.1, 0.15) is 17.1 Å². The number of carbonyl (C=O) groups is 1. The molecular formula is C49H84O17. The summed E-state index contributed by atoms with van der Waals surface area (Å²) in [6, 6.07) is 0. The molecule has 7 aliphatic rings. The minimum absolute atomic E-state index is 0.0246. The van der Waals surface area contributed by atoms with Crippen molar-refractivity contribution < 1.29 is 81.7 Å². The fourth-order valence-electron chi connectivity index (χ4n) is 13.5. The molecule has 0 amide bonds. The van der Waals surface area contributed by atoms with Crippen molar-refractivity contribution in [3.8, 4) is 0 Å². The molecule has 0 aliphatic carbocycles. The fraction of sp³-hybridized carbons (Fsp3) is 0.980. The highest BCUT2D eigenvalue weighted by molar-refractivity contribution is 5.70. The lowest BCUT2D eigenvalue weighted by atomic mass is 9.71. The van der Waals surface area contributed by atoms with Gasteiger partial charge in [0.25, 0.3) is 0 Å². The molecule has 7 rings (SSSR count). The normalized spacial score (nSPS) is 53.9. The SMILES string of the molecule is CO[C@H]1CC[C@H](O[C@H]2[C@H](C)[C@@H]([C@H]3CC[C@H]([C@@H]4CC[C@H]([C@]5(C)O[C@]6(O[C@H](C[C@@H]7O[C@](O)([C@@H](C)C(=O)O)[C@@H](C)[C@H](OC)[C@]7(C)OC)C[C@@H](OC)[C@H]6C)[C@H](C)[C@H]5OC)O4)O3)O[C@](C)(O)[C@@H]2C)O[C@@H]1C. The first-order valence-corrected chi connectivity index (χ1v) is 24.7. The van der Waals surface area contributed by atoms with Crippen LogP contribution in [0.5, 0.6) is 0 Å². The monoisotopic (exact) mass is 945 g/mol. The van der Waals surface area contributed by atoms with Gasteiger partial charge in [0.05, 0.1) is 79.4 Å². The van der Waals surface area contributed by atoms with Gasteiger partial charge in [-0.25, -0.2) is 0 Å². The van der Waals surface area contributed by atoms with Gasteiger partial charge in [-0.2, -0.15) is 0 Å². The Morgan fingerprint density at radius 1 is 0.697 bits per heavy atom. The van der Waals surface area contributed by atoms with Gasteiger partial charge in [-0.15, -0.1) is 0 Å². The largest absolute Gasteiger partial charge is 0.481 e. The molecular weight excluding hydrogens is 861 g/mol. The Morgan fingerprint density at radius 2 is 1.33 bits per heavy atom. The highest BCUT2D eigenvalue weighted by atomic mass is 16.7. The van der Waals surface area contributed by atoms with E-state index in [1.165, 1.54) is 14.0 Å². The van der Waals surface area contributed by atoms with Crippen molar-refractivity contribution in [1.82, 2.24) is 0 Å². The molecule has 0 unspecified atom stereocenters. The highest BCUT2D eigenvalue weighted by Gasteiger charge is 2.70. The minimum atomic E-state index is -2.06. The van der Waals surface area contributed by atoms with Crippen molar-refractivity contribution >= 4 is 5.97 Å². The summed E-state index contributed by atoms with van der Waals surface area (Å²) in [5.74, 6) is -8.76. The smallest absolute Gasteiger partial charge is 0.311 e. The van der Waals surface area contributed by atoms with E-state index in [-0.39, 0.29) is 78.9 Å². The molecule has 0 radical (unpaired) electrons. The Balaban J connectivity index is 1.05. The minimum Gasteiger partial charge on any atom is -0.481 e. The van der Waals surface area contributed by atoms with Crippen molar-refractivity contribution in [2.45, 2.75) is 235 Å². The molecule has 66 heavy (non-hydrogen) atoms. The third kappa shape index (κ3) is 8.96. The Kier molecular flexibility index (Phi) is 15.8. The zero-order valence-electron chi connectivity index (χ0n) is 42.3. The molecule has 0 aromatic carbocycles. The van der Waals surface area contributed by atoms with Crippen LogP contribution in [0.3, 0.4) is 0 Å². The lowest BCUT2D eigenvalue weighted by Gasteiger charge is -2.57. The van der Waals surface area contributed by atoms with Crippen LogP contribution in [0.1, 0.15) is 121 Å². The van der Waals surface area contributed by atoms with Crippen LogP contribution in [0.15, 0.2) is 0 Å². The number of rotatable bonds is 14. The lowest BCUT2D eigenvalue weighted by molar-refractivity contribution is -0.384. The Morgan fingerprint density at radius 3 is 1.94 bits per heavy atom. The van der Waals surface area contributed by atoms with Crippen LogP contribution in [0.2, 0.25) is 0 Å². The second-order valence-corrected chi connectivity index (χ2v) is 21.5. The summed E-state index contributed by atoms with van der Waals surface area (Å²) in [4.78, 5) is 12.3. The Bertz CT molecular complexity index is 1650. The number of aliphatic carboxylic acids is 1. The van der Waals surface area contributed by atoms with Crippen LogP contribution in [0.25, 0.3) is 0 Å². The van der Waals surface area contributed by atoms with Crippen molar-refractivity contribution in [3.05, 3.63) is 0 Å². The highest BCUT2D eigenvalue weighted by Crippen LogP contribution is 2.57. The zero-order chi connectivity index (χ0) is 48.5. The number of hydrogen-bond donors (Lipinski definition) is 3. The first-order chi connectivity index (χ1) is 31.0. The van der Waals surface area contributed by atoms with Crippen molar-refractivity contribution in [2.75, 3.05) is 35.5 Å². The van der Waals surface area contributed by atoms with E-state index < -0.39 is 83.2 Å². The summed E-state index contributed by atoms with van der Waals surface area (Å²) < 4.78 is 84.5. The summed E-state index contributed by atoms with van der Waals surface area (Å²) in [6.45, 7) is 19.0. The molecule has 7 aliphatic heterocycles. The van der Waals surface area contributed by atoms with Crippen LogP contribution in [0, 0.1) is 35.5 Å². The van der Waals surface area contributed by atoms with E-state index in [0.717, 1.165) is 25.7 Å².